The van der Waals surface area contributed by atoms with Crippen LogP contribution in [0.25, 0.3) is 11.2 Å². The fourth-order valence-corrected chi connectivity index (χ4v) is 2.68. The van der Waals surface area contributed by atoms with E-state index in [9.17, 15) is 4.79 Å². The minimum atomic E-state index is -0.209. The van der Waals surface area contributed by atoms with Crippen molar-refractivity contribution >= 4 is 23.0 Å². The summed E-state index contributed by atoms with van der Waals surface area (Å²) in [6, 6.07) is 1.62. The molecular weight excluding hydrogens is 254 g/mol. The van der Waals surface area contributed by atoms with E-state index in [0.29, 0.717) is 11.7 Å². The Morgan fingerprint density at radius 3 is 3.05 bits per heavy atom. The van der Waals surface area contributed by atoms with Crippen molar-refractivity contribution in [2.45, 2.75) is 32.1 Å². The molecule has 0 unspecified atom stereocenters. The van der Waals surface area contributed by atoms with Crippen LogP contribution in [0, 0.1) is 5.92 Å². The van der Waals surface area contributed by atoms with E-state index in [1.165, 1.54) is 32.1 Å². The van der Waals surface area contributed by atoms with Gasteiger partial charge in [-0.2, -0.15) is 0 Å². The van der Waals surface area contributed by atoms with Crippen molar-refractivity contribution in [1.82, 2.24) is 20.3 Å². The molecule has 1 aliphatic rings. The number of carbonyl (C=O) groups is 1. The molecule has 0 saturated heterocycles. The Labute approximate surface area is 117 Å². The second-order valence-corrected chi connectivity index (χ2v) is 5.31. The summed E-state index contributed by atoms with van der Waals surface area (Å²) in [6.45, 7) is 0.742. The summed E-state index contributed by atoms with van der Waals surface area (Å²) in [5.41, 5.74) is 1.47. The molecule has 6 nitrogen and oxygen atoms in total. The number of rotatable bonds is 3. The largest absolute Gasteiger partial charge is 0.345 e. The number of hydrogen-bond acceptors (Lipinski definition) is 3. The molecule has 2 aromatic heterocycles. The first-order chi connectivity index (χ1) is 9.81. The van der Waals surface area contributed by atoms with Gasteiger partial charge in [-0.25, -0.2) is 14.8 Å². The fraction of sp³-hybridized carbons (Fsp3) is 0.500. The lowest BCUT2D eigenvalue weighted by atomic mass is 9.89. The number of nitrogens with zero attached hydrogens (tertiary/aromatic N) is 2. The Morgan fingerprint density at radius 2 is 2.20 bits per heavy atom. The van der Waals surface area contributed by atoms with Crippen molar-refractivity contribution < 1.29 is 4.79 Å². The van der Waals surface area contributed by atoms with Crippen LogP contribution in [0.15, 0.2) is 18.5 Å². The van der Waals surface area contributed by atoms with Crippen LogP contribution in [0.4, 0.5) is 10.6 Å². The van der Waals surface area contributed by atoms with E-state index >= 15 is 0 Å². The Kier molecular flexibility index (Phi) is 3.80. The molecule has 3 rings (SSSR count). The minimum absolute atomic E-state index is 0.209. The highest BCUT2D eigenvalue weighted by molar-refractivity contribution is 5.89. The van der Waals surface area contributed by atoms with Crippen LogP contribution in [0.5, 0.6) is 0 Å². The lowest BCUT2D eigenvalue weighted by Gasteiger charge is -2.21. The monoisotopic (exact) mass is 273 g/mol. The summed E-state index contributed by atoms with van der Waals surface area (Å²) in [4.78, 5) is 23.3. The van der Waals surface area contributed by atoms with Crippen molar-refractivity contribution in [2.24, 2.45) is 5.92 Å². The number of nitrogens with one attached hydrogen (secondary N) is 3. The number of urea groups is 1. The molecule has 1 fully saturated rings. The number of H-pyrrole nitrogens is 1. The van der Waals surface area contributed by atoms with Crippen molar-refractivity contribution in [3.63, 3.8) is 0 Å². The zero-order valence-corrected chi connectivity index (χ0v) is 11.4. The molecule has 3 N–H and O–H groups in total. The molecule has 0 bridgehead atoms. The summed E-state index contributed by atoms with van der Waals surface area (Å²) in [7, 11) is 0. The highest BCUT2D eigenvalue weighted by Crippen LogP contribution is 2.22. The van der Waals surface area contributed by atoms with Crippen LogP contribution >= 0.6 is 0 Å². The summed E-state index contributed by atoms with van der Waals surface area (Å²) >= 11 is 0. The van der Waals surface area contributed by atoms with Gasteiger partial charge in [-0.3, -0.25) is 5.32 Å². The number of aromatic nitrogens is 3. The number of anilines is 1. The van der Waals surface area contributed by atoms with Gasteiger partial charge in [0, 0.05) is 12.7 Å². The number of hydrogen-bond donors (Lipinski definition) is 3. The van der Waals surface area contributed by atoms with Crippen LogP contribution in [-0.4, -0.2) is 27.5 Å². The maximum atomic E-state index is 11.8. The van der Waals surface area contributed by atoms with Gasteiger partial charge >= 0.3 is 6.03 Å². The Hall–Kier alpha value is -2.11. The van der Waals surface area contributed by atoms with Gasteiger partial charge in [-0.15, -0.1) is 0 Å². The number of amides is 2. The van der Waals surface area contributed by atoms with Crippen LogP contribution in [0.3, 0.4) is 0 Å². The number of fused-ring (bicyclic) bond motifs is 1. The normalized spacial score (nSPS) is 16.2. The predicted octanol–water partition coefficient (Wildman–Crippen LogP) is 2.66. The van der Waals surface area contributed by atoms with E-state index in [4.69, 9.17) is 0 Å². The maximum Gasteiger partial charge on any atom is 0.320 e. The Bertz CT molecular complexity index is 588. The third kappa shape index (κ3) is 3.07. The summed E-state index contributed by atoms with van der Waals surface area (Å²) in [6.07, 6.45) is 9.66. The average Bonchev–Trinajstić information content (AvgIpc) is 2.94. The number of carbonyl (C=O) groups excluding carboxylic acids is 1. The van der Waals surface area contributed by atoms with Gasteiger partial charge < -0.3 is 10.3 Å². The van der Waals surface area contributed by atoms with E-state index in [1.807, 2.05) is 6.07 Å². The lowest BCUT2D eigenvalue weighted by Crippen LogP contribution is -2.34. The zero-order valence-electron chi connectivity index (χ0n) is 11.4. The molecule has 0 radical (unpaired) electrons. The van der Waals surface area contributed by atoms with Gasteiger partial charge in [0.25, 0.3) is 0 Å². The van der Waals surface area contributed by atoms with Gasteiger partial charge in [0.15, 0.2) is 11.5 Å². The van der Waals surface area contributed by atoms with Gasteiger partial charge in [0.2, 0.25) is 0 Å². The molecule has 6 heteroatoms. The first-order valence-electron chi connectivity index (χ1n) is 7.16. The molecule has 0 atom stereocenters. The van der Waals surface area contributed by atoms with Crippen molar-refractivity contribution in [3.05, 3.63) is 18.5 Å². The zero-order chi connectivity index (χ0) is 13.8. The molecule has 2 heterocycles. The summed E-state index contributed by atoms with van der Waals surface area (Å²) in [5.74, 6) is 1.09. The maximum absolute atomic E-state index is 11.8. The van der Waals surface area contributed by atoms with E-state index in [1.54, 1.807) is 12.4 Å². The van der Waals surface area contributed by atoms with Crippen LogP contribution in [0.1, 0.15) is 32.1 Å². The highest BCUT2D eigenvalue weighted by atomic mass is 16.2. The molecule has 2 aromatic rings. The van der Waals surface area contributed by atoms with Crippen LogP contribution < -0.4 is 10.6 Å². The Balaban J connectivity index is 1.52. The number of aromatic amines is 1. The topological polar surface area (TPSA) is 82.7 Å². The molecular formula is C14H19N5O. The van der Waals surface area contributed by atoms with Crippen molar-refractivity contribution in [1.29, 1.82) is 0 Å². The van der Waals surface area contributed by atoms with E-state index in [-0.39, 0.29) is 6.03 Å². The minimum Gasteiger partial charge on any atom is -0.345 e. The highest BCUT2D eigenvalue weighted by Gasteiger charge is 2.14. The van der Waals surface area contributed by atoms with Crippen molar-refractivity contribution in [3.8, 4) is 0 Å². The van der Waals surface area contributed by atoms with Crippen molar-refractivity contribution in [2.75, 3.05) is 11.9 Å². The Morgan fingerprint density at radius 1 is 1.35 bits per heavy atom. The van der Waals surface area contributed by atoms with E-state index < -0.39 is 0 Å². The van der Waals surface area contributed by atoms with Gasteiger partial charge in [0.05, 0.1) is 6.20 Å². The molecule has 106 valence electrons. The molecule has 20 heavy (non-hydrogen) atoms. The summed E-state index contributed by atoms with van der Waals surface area (Å²) < 4.78 is 0. The fourth-order valence-electron chi connectivity index (χ4n) is 2.68. The van der Waals surface area contributed by atoms with E-state index in [2.05, 4.69) is 25.6 Å². The molecule has 0 aliphatic heterocycles. The quantitative estimate of drug-likeness (QED) is 0.804. The van der Waals surface area contributed by atoms with Gasteiger partial charge in [0.1, 0.15) is 5.52 Å². The molecule has 0 spiro atoms. The summed E-state index contributed by atoms with van der Waals surface area (Å²) in [5, 5.41) is 5.64. The lowest BCUT2D eigenvalue weighted by molar-refractivity contribution is 0.247. The second-order valence-electron chi connectivity index (χ2n) is 5.31. The third-order valence-corrected chi connectivity index (χ3v) is 3.78. The smallest absolute Gasteiger partial charge is 0.320 e. The second kappa shape index (κ2) is 5.90. The molecule has 0 aromatic carbocycles. The van der Waals surface area contributed by atoms with Gasteiger partial charge in [-0.05, 0) is 24.8 Å². The van der Waals surface area contributed by atoms with Gasteiger partial charge in [-0.1, -0.05) is 19.3 Å². The standard InChI is InChI=1S/C14H19N5O/c20-14(17-8-10-4-2-1-3-5-10)19-12-9-16-13-11(18-12)6-7-15-13/h6-7,9-10H,1-5,8H2,(H,15,16)(H2,17,18,19,20). The SMILES string of the molecule is O=C(NCC1CCCCC1)Nc1cnc2[nH]ccc2n1. The molecule has 1 saturated carbocycles. The van der Waals surface area contributed by atoms with Crippen LogP contribution in [0.2, 0.25) is 0 Å². The first kappa shape index (κ1) is 12.9. The predicted molar refractivity (Wildman–Crippen MR) is 77.5 cm³/mol. The van der Waals surface area contributed by atoms with Crippen LogP contribution in [-0.2, 0) is 0 Å². The average molecular weight is 273 g/mol. The van der Waals surface area contributed by atoms with E-state index in [0.717, 1.165) is 17.7 Å². The first-order valence-corrected chi connectivity index (χ1v) is 7.16. The molecule has 1 aliphatic carbocycles. The molecule has 2 amide bonds. The third-order valence-electron chi connectivity index (χ3n) is 3.78.